The van der Waals surface area contributed by atoms with Gasteiger partial charge in [0, 0.05) is 47.7 Å². The molecule has 0 radical (unpaired) electrons. The average Bonchev–Trinajstić information content (AvgIpc) is 3.41. The summed E-state index contributed by atoms with van der Waals surface area (Å²) in [6.07, 6.45) is 0.642. The molecule has 4 rings (SSSR count). The highest BCUT2D eigenvalue weighted by Crippen LogP contribution is 2.45. The van der Waals surface area contributed by atoms with E-state index in [1.165, 1.54) is 18.2 Å². The van der Waals surface area contributed by atoms with E-state index in [-0.39, 0.29) is 36.1 Å². The number of hydrogen-bond acceptors (Lipinski definition) is 8. The number of nitrogens with zero attached hydrogens (tertiary/aromatic N) is 4. The molecule has 42 heavy (non-hydrogen) atoms. The van der Waals surface area contributed by atoms with Crippen molar-refractivity contribution in [2.24, 2.45) is 10.1 Å². The van der Waals surface area contributed by atoms with E-state index in [0.29, 0.717) is 29.9 Å². The normalized spacial score (nSPS) is 17.8. The zero-order valence-electron chi connectivity index (χ0n) is 22.8. The van der Waals surface area contributed by atoms with Crippen LogP contribution in [0.1, 0.15) is 30.1 Å². The zero-order chi connectivity index (χ0) is 30.0. The van der Waals surface area contributed by atoms with Crippen molar-refractivity contribution in [1.29, 1.82) is 0 Å². The maximum absolute atomic E-state index is 13.9. The Labute approximate surface area is 244 Å². The topological polar surface area (TPSA) is 163 Å². The second kappa shape index (κ2) is 13.8. The van der Waals surface area contributed by atoms with Crippen LogP contribution in [0.2, 0.25) is 0 Å². The van der Waals surface area contributed by atoms with Crippen molar-refractivity contribution in [2.75, 3.05) is 25.5 Å². The van der Waals surface area contributed by atoms with E-state index in [4.69, 9.17) is 19.6 Å². The summed E-state index contributed by atoms with van der Waals surface area (Å²) in [5.74, 6) is -0.287. The van der Waals surface area contributed by atoms with Crippen LogP contribution < -0.4 is 10.1 Å². The Morgan fingerprint density at radius 1 is 1.14 bits per heavy atom. The largest absolute Gasteiger partial charge is 0.494 e. The standard InChI is InChI=1S/C30H31N5O6S/c1-2-18-32-29(37)30(17-21-42(38,39)24-9-4-3-5-10-24)27(25-11-6-7-12-26(25)34-35-31)41-28(33-30)22-13-15-23(16-14-22)40-20-8-19-36/h2-7,9-16,27,36H,1,8,17-21H2,(H,32,37)/t27-,30-/m1/s1. The van der Waals surface area contributed by atoms with E-state index < -0.39 is 33.1 Å². The Morgan fingerprint density at radius 2 is 1.86 bits per heavy atom. The molecule has 1 aliphatic heterocycles. The van der Waals surface area contributed by atoms with Crippen LogP contribution in [0.5, 0.6) is 5.75 Å². The van der Waals surface area contributed by atoms with Crippen LogP contribution in [-0.4, -0.2) is 56.4 Å². The van der Waals surface area contributed by atoms with Crippen molar-refractivity contribution < 1.29 is 27.8 Å². The van der Waals surface area contributed by atoms with E-state index in [1.54, 1.807) is 66.7 Å². The molecule has 12 heteroatoms. The third kappa shape index (κ3) is 6.80. The van der Waals surface area contributed by atoms with Gasteiger partial charge in [-0.2, -0.15) is 0 Å². The van der Waals surface area contributed by atoms with Crippen molar-refractivity contribution in [3.8, 4) is 5.75 Å². The maximum Gasteiger partial charge on any atom is 0.252 e. The van der Waals surface area contributed by atoms with E-state index >= 15 is 0 Å². The molecular formula is C30H31N5O6S. The Morgan fingerprint density at radius 3 is 2.55 bits per heavy atom. The molecule has 11 nitrogen and oxygen atoms in total. The van der Waals surface area contributed by atoms with Gasteiger partial charge in [0.15, 0.2) is 21.5 Å². The van der Waals surface area contributed by atoms with Gasteiger partial charge >= 0.3 is 0 Å². The first-order valence-corrected chi connectivity index (χ1v) is 14.9. The number of rotatable bonds is 14. The van der Waals surface area contributed by atoms with E-state index in [1.807, 2.05) is 0 Å². The number of benzene rings is 3. The van der Waals surface area contributed by atoms with Crippen molar-refractivity contribution in [3.05, 3.63) is 113 Å². The molecule has 0 fully saturated rings. The van der Waals surface area contributed by atoms with Crippen LogP contribution in [0.4, 0.5) is 5.69 Å². The van der Waals surface area contributed by atoms with Crippen molar-refractivity contribution >= 4 is 27.3 Å². The lowest BCUT2D eigenvalue weighted by Crippen LogP contribution is -2.49. The Hall–Kier alpha value is -4.64. The third-order valence-corrected chi connectivity index (χ3v) is 8.39. The zero-order valence-corrected chi connectivity index (χ0v) is 23.6. The van der Waals surface area contributed by atoms with Crippen LogP contribution in [-0.2, 0) is 19.4 Å². The van der Waals surface area contributed by atoms with Gasteiger partial charge in [-0.05, 0) is 41.9 Å². The molecule has 0 bridgehead atoms. The number of carbonyl (C=O) groups is 1. The fourth-order valence-corrected chi connectivity index (χ4v) is 5.94. The molecule has 2 atom stereocenters. The predicted molar refractivity (Wildman–Crippen MR) is 158 cm³/mol. The predicted octanol–water partition coefficient (Wildman–Crippen LogP) is 4.81. The Bertz CT molecular complexity index is 1590. The fraction of sp³-hybridized carbons (Fsp3) is 0.267. The van der Waals surface area contributed by atoms with Gasteiger partial charge in [-0.25, -0.2) is 13.4 Å². The van der Waals surface area contributed by atoms with Gasteiger partial charge in [-0.1, -0.05) is 53.7 Å². The molecule has 3 aromatic carbocycles. The number of sulfone groups is 1. The third-order valence-electron chi connectivity index (χ3n) is 6.66. The monoisotopic (exact) mass is 589 g/mol. The second-order valence-corrected chi connectivity index (χ2v) is 11.5. The van der Waals surface area contributed by atoms with E-state index in [2.05, 4.69) is 21.9 Å². The summed E-state index contributed by atoms with van der Waals surface area (Å²) in [7, 11) is -3.81. The first-order chi connectivity index (χ1) is 20.3. The van der Waals surface area contributed by atoms with Crippen molar-refractivity contribution in [1.82, 2.24) is 5.32 Å². The molecule has 0 spiro atoms. The lowest BCUT2D eigenvalue weighted by Gasteiger charge is -2.31. The smallest absolute Gasteiger partial charge is 0.252 e. The minimum Gasteiger partial charge on any atom is -0.494 e. The average molecular weight is 590 g/mol. The first kappa shape index (κ1) is 30.3. The van der Waals surface area contributed by atoms with Gasteiger partial charge in [0.1, 0.15) is 5.75 Å². The minimum atomic E-state index is -3.81. The lowest BCUT2D eigenvalue weighted by atomic mass is 9.84. The molecule has 1 amide bonds. The van der Waals surface area contributed by atoms with Gasteiger partial charge < -0.3 is 19.9 Å². The molecule has 218 valence electrons. The van der Waals surface area contributed by atoms with Crippen LogP contribution >= 0.6 is 0 Å². The number of amides is 1. The fourth-order valence-electron chi connectivity index (χ4n) is 4.55. The summed E-state index contributed by atoms with van der Waals surface area (Å²) < 4.78 is 38.7. The minimum absolute atomic E-state index is 0.0113. The highest BCUT2D eigenvalue weighted by Gasteiger charge is 2.54. The van der Waals surface area contributed by atoms with Gasteiger partial charge in [0.25, 0.3) is 5.91 Å². The second-order valence-electron chi connectivity index (χ2n) is 9.42. The van der Waals surface area contributed by atoms with Crippen molar-refractivity contribution in [3.63, 3.8) is 0 Å². The molecule has 0 aromatic heterocycles. The first-order valence-electron chi connectivity index (χ1n) is 13.3. The number of aliphatic hydroxyl groups excluding tert-OH is 1. The summed E-state index contributed by atoms with van der Waals surface area (Å²) in [6.45, 7) is 4.13. The molecule has 1 aliphatic rings. The molecular weight excluding hydrogens is 558 g/mol. The molecule has 0 saturated carbocycles. The van der Waals surface area contributed by atoms with Gasteiger partial charge in [-0.15, -0.1) is 6.58 Å². The number of aliphatic hydroxyl groups is 1. The van der Waals surface area contributed by atoms with Crippen LogP contribution in [0.15, 0.2) is 107 Å². The highest BCUT2D eigenvalue weighted by atomic mass is 32.2. The van der Waals surface area contributed by atoms with Crippen LogP contribution in [0.3, 0.4) is 0 Å². The molecule has 1 heterocycles. The number of ether oxygens (including phenoxy) is 2. The molecule has 2 N–H and O–H groups in total. The Balaban J connectivity index is 1.81. The summed E-state index contributed by atoms with van der Waals surface area (Å²) >= 11 is 0. The Kier molecular flexibility index (Phi) is 9.98. The molecule has 0 aliphatic carbocycles. The van der Waals surface area contributed by atoms with Crippen LogP contribution in [0.25, 0.3) is 10.4 Å². The van der Waals surface area contributed by atoms with Gasteiger partial charge in [0.05, 0.1) is 17.3 Å². The number of aliphatic imine (C=N–C) groups is 1. The molecule has 0 unspecified atom stereocenters. The summed E-state index contributed by atoms with van der Waals surface area (Å²) in [5.41, 5.74) is 8.60. The maximum atomic E-state index is 13.9. The quantitative estimate of drug-likeness (QED) is 0.0901. The van der Waals surface area contributed by atoms with Gasteiger partial charge in [-0.3, -0.25) is 4.79 Å². The SMILES string of the molecule is C=CCNC(=O)[C@]1(CCS(=O)(=O)c2ccccc2)N=C(c2ccc(OCCCO)cc2)O[C@@H]1c1ccccc1N=[N+]=[N-]. The number of carbonyl (C=O) groups excluding carboxylic acids is 1. The molecule has 0 saturated heterocycles. The summed E-state index contributed by atoms with van der Waals surface area (Å²) in [4.78, 5) is 21.7. The van der Waals surface area contributed by atoms with E-state index in [9.17, 15) is 18.7 Å². The number of azide groups is 1. The highest BCUT2D eigenvalue weighted by molar-refractivity contribution is 7.91. The number of hydrogen-bond donors (Lipinski definition) is 2. The molecule has 3 aromatic rings. The summed E-state index contributed by atoms with van der Waals surface area (Å²) in [6, 6.07) is 21.4. The van der Waals surface area contributed by atoms with Crippen LogP contribution in [0, 0.1) is 0 Å². The summed E-state index contributed by atoms with van der Waals surface area (Å²) in [5, 5.41) is 15.6. The number of nitrogens with one attached hydrogen (secondary N) is 1. The van der Waals surface area contributed by atoms with E-state index in [0.717, 1.165) is 0 Å². The van der Waals surface area contributed by atoms with Gasteiger partial charge in [0.2, 0.25) is 5.90 Å². The van der Waals surface area contributed by atoms with Crippen molar-refractivity contribution in [2.45, 2.75) is 29.4 Å². The lowest BCUT2D eigenvalue weighted by molar-refractivity contribution is -0.128.